The van der Waals surface area contributed by atoms with Crippen molar-refractivity contribution < 1.29 is 0 Å². The molecule has 3 nitrogen and oxygen atoms in total. The van der Waals surface area contributed by atoms with Gasteiger partial charge in [-0.25, -0.2) is 4.98 Å². The van der Waals surface area contributed by atoms with Gasteiger partial charge in [-0.3, -0.25) is 0 Å². The Hall–Kier alpha value is -1.35. The highest BCUT2D eigenvalue weighted by atomic mass is 15.1. The van der Waals surface area contributed by atoms with E-state index in [-0.39, 0.29) is 6.04 Å². The predicted molar refractivity (Wildman–Crippen MR) is 90.4 cm³/mol. The summed E-state index contributed by atoms with van der Waals surface area (Å²) in [4.78, 5) is 4.80. The summed E-state index contributed by atoms with van der Waals surface area (Å²) in [5, 5.41) is 0. The number of para-hydroxylation sites is 2. The van der Waals surface area contributed by atoms with Crippen LogP contribution in [0.15, 0.2) is 24.3 Å². The van der Waals surface area contributed by atoms with Gasteiger partial charge in [-0.1, -0.05) is 45.2 Å². The van der Waals surface area contributed by atoms with Crippen LogP contribution in [0.25, 0.3) is 11.0 Å². The predicted octanol–water partition coefficient (Wildman–Crippen LogP) is 4.14. The number of nitrogens with two attached hydrogens (primary N) is 1. The fraction of sp³-hybridized carbons (Fsp3) is 0.611. The molecule has 21 heavy (non-hydrogen) atoms. The number of unbranched alkanes of at least 4 members (excludes halogenated alkanes) is 1. The Balaban J connectivity index is 2.18. The van der Waals surface area contributed by atoms with Crippen LogP contribution in [0.1, 0.15) is 52.3 Å². The summed E-state index contributed by atoms with van der Waals surface area (Å²) in [6.45, 7) is 7.63. The summed E-state index contributed by atoms with van der Waals surface area (Å²) < 4.78 is 2.31. The van der Waals surface area contributed by atoms with E-state index < -0.39 is 0 Å². The zero-order valence-corrected chi connectivity index (χ0v) is 13.7. The van der Waals surface area contributed by atoms with Crippen LogP contribution < -0.4 is 5.73 Å². The molecule has 0 spiro atoms. The van der Waals surface area contributed by atoms with Gasteiger partial charge in [0, 0.05) is 19.0 Å². The van der Waals surface area contributed by atoms with E-state index in [0.717, 1.165) is 30.7 Å². The highest BCUT2D eigenvalue weighted by Gasteiger charge is 2.19. The van der Waals surface area contributed by atoms with Crippen LogP contribution in [0, 0.1) is 5.92 Å². The van der Waals surface area contributed by atoms with Crippen molar-refractivity contribution in [3.63, 3.8) is 0 Å². The molecule has 1 aromatic heterocycles. The molecule has 2 rings (SSSR count). The first-order valence-corrected chi connectivity index (χ1v) is 8.40. The number of nitrogens with zero attached hydrogens (tertiary/aromatic N) is 2. The fourth-order valence-corrected chi connectivity index (χ4v) is 3.20. The number of aromatic nitrogens is 2. The number of aryl methyl sites for hydroxylation is 1. The Bertz CT molecular complexity index is 559. The SMILES string of the molecule is CCCCC(CC)C(N)Cc1nc2ccccc2n1CC. The molecule has 2 atom stereocenters. The average Bonchev–Trinajstić information content (AvgIpc) is 2.85. The minimum atomic E-state index is 0.212. The monoisotopic (exact) mass is 287 g/mol. The third-order valence-corrected chi connectivity index (χ3v) is 4.53. The van der Waals surface area contributed by atoms with Gasteiger partial charge in [0.1, 0.15) is 5.82 Å². The Labute approximate surface area is 128 Å². The van der Waals surface area contributed by atoms with E-state index >= 15 is 0 Å². The van der Waals surface area contributed by atoms with E-state index in [1.165, 1.54) is 24.8 Å². The highest BCUT2D eigenvalue weighted by molar-refractivity contribution is 5.75. The summed E-state index contributed by atoms with van der Waals surface area (Å²) in [5.41, 5.74) is 8.81. The van der Waals surface area contributed by atoms with Gasteiger partial charge < -0.3 is 10.3 Å². The lowest BCUT2D eigenvalue weighted by Gasteiger charge is -2.22. The van der Waals surface area contributed by atoms with Crippen molar-refractivity contribution in [1.29, 1.82) is 0 Å². The maximum Gasteiger partial charge on any atom is 0.111 e. The lowest BCUT2D eigenvalue weighted by Crippen LogP contribution is -2.33. The van der Waals surface area contributed by atoms with Crippen LogP contribution >= 0.6 is 0 Å². The zero-order chi connectivity index (χ0) is 15.2. The largest absolute Gasteiger partial charge is 0.328 e. The third-order valence-electron chi connectivity index (χ3n) is 4.53. The summed E-state index contributed by atoms with van der Waals surface area (Å²) >= 11 is 0. The van der Waals surface area contributed by atoms with Crippen molar-refractivity contribution in [1.82, 2.24) is 9.55 Å². The lowest BCUT2D eigenvalue weighted by molar-refractivity contribution is 0.362. The average molecular weight is 287 g/mol. The molecule has 0 aliphatic carbocycles. The molecule has 1 heterocycles. The van der Waals surface area contributed by atoms with Crippen LogP contribution in [0.4, 0.5) is 0 Å². The summed E-state index contributed by atoms with van der Waals surface area (Å²) in [5.74, 6) is 1.75. The van der Waals surface area contributed by atoms with Crippen LogP contribution in [0.3, 0.4) is 0 Å². The first kappa shape index (κ1) is 16.0. The fourth-order valence-electron chi connectivity index (χ4n) is 3.20. The molecule has 1 aromatic carbocycles. The number of imidazole rings is 1. The van der Waals surface area contributed by atoms with E-state index in [9.17, 15) is 0 Å². The van der Waals surface area contributed by atoms with Crippen LogP contribution in [-0.2, 0) is 13.0 Å². The van der Waals surface area contributed by atoms with Crippen molar-refractivity contribution in [3.05, 3.63) is 30.1 Å². The minimum Gasteiger partial charge on any atom is -0.328 e. The summed E-state index contributed by atoms with van der Waals surface area (Å²) in [6.07, 6.45) is 5.80. The summed E-state index contributed by atoms with van der Waals surface area (Å²) in [6, 6.07) is 8.58. The molecular formula is C18H29N3. The number of benzene rings is 1. The number of hydrogen-bond donors (Lipinski definition) is 1. The normalized spacial score (nSPS) is 14.5. The van der Waals surface area contributed by atoms with Gasteiger partial charge in [0.05, 0.1) is 11.0 Å². The Kier molecular flexibility index (Phi) is 5.80. The molecule has 0 saturated heterocycles. The molecule has 0 fully saturated rings. The molecule has 0 bridgehead atoms. The number of hydrogen-bond acceptors (Lipinski definition) is 2. The molecule has 116 valence electrons. The quantitative estimate of drug-likeness (QED) is 0.793. The maximum absolute atomic E-state index is 6.49. The second-order valence-electron chi connectivity index (χ2n) is 5.94. The Morgan fingerprint density at radius 2 is 1.95 bits per heavy atom. The molecule has 3 heteroatoms. The van der Waals surface area contributed by atoms with Crippen molar-refractivity contribution in [3.8, 4) is 0 Å². The van der Waals surface area contributed by atoms with Crippen molar-refractivity contribution >= 4 is 11.0 Å². The topological polar surface area (TPSA) is 43.8 Å². The first-order chi connectivity index (χ1) is 10.2. The molecule has 2 unspecified atom stereocenters. The van der Waals surface area contributed by atoms with Gasteiger partial charge in [-0.2, -0.15) is 0 Å². The smallest absolute Gasteiger partial charge is 0.111 e. The molecule has 2 aromatic rings. The number of rotatable bonds is 8. The van der Waals surface area contributed by atoms with Crippen LogP contribution in [0.5, 0.6) is 0 Å². The molecular weight excluding hydrogens is 258 g/mol. The van der Waals surface area contributed by atoms with Gasteiger partial charge in [-0.05, 0) is 31.4 Å². The third kappa shape index (κ3) is 3.65. The second kappa shape index (κ2) is 7.60. The molecule has 0 radical (unpaired) electrons. The van der Waals surface area contributed by atoms with Crippen LogP contribution in [-0.4, -0.2) is 15.6 Å². The lowest BCUT2D eigenvalue weighted by atomic mass is 9.90. The molecule has 0 aliphatic rings. The highest BCUT2D eigenvalue weighted by Crippen LogP contribution is 2.21. The van der Waals surface area contributed by atoms with E-state index in [4.69, 9.17) is 10.7 Å². The molecule has 0 aliphatic heterocycles. The first-order valence-electron chi connectivity index (χ1n) is 8.40. The molecule has 2 N–H and O–H groups in total. The summed E-state index contributed by atoms with van der Waals surface area (Å²) in [7, 11) is 0. The molecule has 0 saturated carbocycles. The Morgan fingerprint density at radius 1 is 1.19 bits per heavy atom. The van der Waals surface area contributed by atoms with Gasteiger partial charge in [0.25, 0.3) is 0 Å². The van der Waals surface area contributed by atoms with Gasteiger partial charge in [0.2, 0.25) is 0 Å². The molecule has 0 amide bonds. The number of fused-ring (bicyclic) bond motifs is 1. The Morgan fingerprint density at radius 3 is 2.62 bits per heavy atom. The van der Waals surface area contributed by atoms with Gasteiger partial charge >= 0.3 is 0 Å². The van der Waals surface area contributed by atoms with Gasteiger partial charge in [-0.15, -0.1) is 0 Å². The van der Waals surface area contributed by atoms with E-state index in [0.29, 0.717) is 5.92 Å². The minimum absolute atomic E-state index is 0.212. The second-order valence-corrected chi connectivity index (χ2v) is 5.94. The van der Waals surface area contributed by atoms with Crippen molar-refractivity contribution in [2.45, 2.75) is 65.5 Å². The standard InChI is InChI=1S/C18H29N3/c1-4-7-10-14(5-2)15(19)13-18-20-16-11-8-9-12-17(16)21(18)6-3/h8-9,11-12,14-15H,4-7,10,13,19H2,1-3H3. The van der Waals surface area contributed by atoms with Crippen LogP contribution in [0.2, 0.25) is 0 Å². The van der Waals surface area contributed by atoms with Gasteiger partial charge in [0.15, 0.2) is 0 Å². The van der Waals surface area contributed by atoms with E-state index in [1.807, 2.05) is 0 Å². The van der Waals surface area contributed by atoms with E-state index in [1.54, 1.807) is 0 Å². The van der Waals surface area contributed by atoms with Crippen molar-refractivity contribution in [2.75, 3.05) is 0 Å². The van der Waals surface area contributed by atoms with Crippen molar-refractivity contribution in [2.24, 2.45) is 11.7 Å². The maximum atomic E-state index is 6.49. The zero-order valence-electron chi connectivity index (χ0n) is 13.7. The van der Waals surface area contributed by atoms with E-state index in [2.05, 4.69) is 49.6 Å².